The first-order chi connectivity index (χ1) is 18.1. The zero-order valence-corrected chi connectivity index (χ0v) is 21.0. The molecular weight excluding hydrogens is 490 g/mol. The highest BCUT2D eigenvalue weighted by Crippen LogP contribution is 2.36. The summed E-state index contributed by atoms with van der Waals surface area (Å²) in [5.74, 6) is -1.29. The van der Waals surface area contributed by atoms with Gasteiger partial charge in [-0.05, 0) is 24.1 Å². The maximum Gasteiger partial charge on any atom is 0.344 e. The standard InChI is InChI=1S/C29H25NO6S/c1-2-34-29(33)27-23(21-13-7-4-8-14-21)19-37-28(27)30-25(31)17-36-26(32)18-35-24-16-10-9-15-22(24)20-11-5-3-6-12-20/h3-16,19H,2,17-18H2,1H3,(H,30,31). The predicted octanol–water partition coefficient (Wildman–Crippen LogP) is 5.82. The van der Waals surface area contributed by atoms with Crippen molar-refractivity contribution in [2.24, 2.45) is 0 Å². The van der Waals surface area contributed by atoms with Crippen LogP contribution < -0.4 is 10.1 Å². The summed E-state index contributed by atoms with van der Waals surface area (Å²) in [6.45, 7) is 1.03. The second-order valence-corrected chi connectivity index (χ2v) is 8.68. The molecule has 8 heteroatoms. The lowest BCUT2D eigenvalue weighted by Crippen LogP contribution is -2.24. The monoisotopic (exact) mass is 515 g/mol. The molecule has 0 fully saturated rings. The van der Waals surface area contributed by atoms with Gasteiger partial charge in [0.05, 0.1) is 6.61 Å². The van der Waals surface area contributed by atoms with Crippen LogP contribution in [0.4, 0.5) is 5.00 Å². The van der Waals surface area contributed by atoms with Gasteiger partial charge in [0.2, 0.25) is 0 Å². The molecule has 1 aromatic heterocycles. The highest BCUT2D eigenvalue weighted by molar-refractivity contribution is 7.15. The molecule has 0 aliphatic carbocycles. The summed E-state index contributed by atoms with van der Waals surface area (Å²) in [5.41, 5.74) is 3.53. The first-order valence-electron chi connectivity index (χ1n) is 11.6. The van der Waals surface area contributed by atoms with Crippen LogP contribution in [0.1, 0.15) is 17.3 Å². The smallest absolute Gasteiger partial charge is 0.344 e. The summed E-state index contributed by atoms with van der Waals surface area (Å²) >= 11 is 1.20. The van der Waals surface area contributed by atoms with Crippen LogP contribution in [0.3, 0.4) is 0 Å². The fourth-order valence-corrected chi connectivity index (χ4v) is 4.60. The molecule has 0 bridgehead atoms. The van der Waals surface area contributed by atoms with Gasteiger partial charge >= 0.3 is 11.9 Å². The fraction of sp³-hybridized carbons (Fsp3) is 0.138. The van der Waals surface area contributed by atoms with Gasteiger partial charge in [0.1, 0.15) is 16.3 Å². The van der Waals surface area contributed by atoms with Crippen LogP contribution in [0.15, 0.2) is 90.3 Å². The molecule has 0 saturated carbocycles. The Hall–Kier alpha value is -4.43. The number of hydrogen-bond donors (Lipinski definition) is 1. The summed E-state index contributed by atoms with van der Waals surface area (Å²) in [4.78, 5) is 37.5. The van der Waals surface area contributed by atoms with Gasteiger partial charge in [0, 0.05) is 16.5 Å². The van der Waals surface area contributed by atoms with Gasteiger partial charge in [-0.25, -0.2) is 9.59 Å². The number of carbonyl (C=O) groups is 3. The van der Waals surface area contributed by atoms with Crippen molar-refractivity contribution in [3.63, 3.8) is 0 Å². The van der Waals surface area contributed by atoms with Gasteiger partial charge in [-0.2, -0.15) is 0 Å². The van der Waals surface area contributed by atoms with Crippen LogP contribution in [-0.2, 0) is 19.1 Å². The second-order valence-electron chi connectivity index (χ2n) is 7.80. The Labute approximate surface area is 218 Å². The molecule has 0 spiro atoms. The molecule has 4 rings (SSSR count). The quantitative estimate of drug-likeness (QED) is 0.268. The van der Waals surface area contributed by atoms with Crippen molar-refractivity contribution in [3.05, 3.63) is 95.9 Å². The zero-order chi connectivity index (χ0) is 26.0. The van der Waals surface area contributed by atoms with Crippen LogP contribution >= 0.6 is 11.3 Å². The molecule has 0 unspecified atom stereocenters. The van der Waals surface area contributed by atoms with Crippen LogP contribution in [0.25, 0.3) is 22.3 Å². The van der Waals surface area contributed by atoms with Crippen molar-refractivity contribution in [1.82, 2.24) is 0 Å². The molecule has 188 valence electrons. The number of ether oxygens (including phenoxy) is 3. The lowest BCUT2D eigenvalue weighted by Gasteiger charge is -2.12. The van der Waals surface area contributed by atoms with E-state index in [4.69, 9.17) is 14.2 Å². The van der Waals surface area contributed by atoms with Crippen LogP contribution in [-0.4, -0.2) is 37.7 Å². The molecule has 0 atom stereocenters. The minimum absolute atomic E-state index is 0.196. The maximum atomic E-state index is 12.6. The van der Waals surface area contributed by atoms with Gasteiger partial charge < -0.3 is 19.5 Å². The molecule has 4 aromatic rings. The van der Waals surface area contributed by atoms with Crippen molar-refractivity contribution >= 4 is 34.2 Å². The predicted molar refractivity (Wildman–Crippen MR) is 143 cm³/mol. The average Bonchev–Trinajstić information content (AvgIpc) is 3.35. The highest BCUT2D eigenvalue weighted by atomic mass is 32.1. The van der Waals surface area contributed by atoms with Gasteiger partial charge in [0.25, 0.3) is 5.91 Å². The number of carbonyl (C=O) groups excluding carboxylic acids is 3. The van der Waals surface area contributed by atoms with E-state index in [1.54, 1.807) is 18.4 Å². The van der Waals surface area contributed by atoms with Crippen LogP contribution in [0.2, 0.25) is 0 Å². The fourth-order valence-electron chi connectivity index (χ4n) is 3.62. The number of esters is 2. The third-order valence-electron chi connectivity index (χ3n) is 5.29. The molecule has 3 aromatic carbocycles. The zero-order valence-electron chi connectivity index (χ0n) is 20.1. The Balaban J connectivity index is 1.36. The van der Waals surface area contributed by atoms with E-state index in [1.165, 1.54) is 11.3 Å². The average molecular weight is 516 g/mol. The Morgan fingerprint density at radius 3 is 2.05 bits per heavy atom. The molecule has 1 heterocycles. The number of nitrogens with one attached hydrogen (secondary N) is 1. The van der Waals surface area contributed by atoms with Gasteiger partial charge in [-0.3, -0.25) is 4.79 Å². The van der Waals surface area contributed by atoms with E-state index in [9.17, 15) is 14.4 Å². The van der Waals surface area contributed by atoms with E-state index in [2.05, 4.69) is 5.32 Å². The molecule has 0 radical (unpaired) electrons. The van der Waals surface area contributed by atoms with E-state index in [-0.39, 0.29) is 18.8 Å². The molecule has 0 saturated heterocycles. The largest absolute Gasteiger partial charge is 0.481 e. The molecule has 7 nitrogen and oxygen atoms in total. The lowest BCUT2D eigenvalue weighted by molar-refractivity contribution is -0.149. The molecule has 0 aliphatic heterocycles. The number of anilines is 1. The number of hydrogen-bond acceptors (Lipinski definition) is 7. The van der Waals surface area contributed by atoms with E-state index >= 15 is 0 Å². The minimum atomic E-state index is -0.695. The van der Waals surface area contributed by atoms with Crippen molar-refractivity contribution in [2.45, 2.75) is 6.92 Å². The summed E-state index contributed by atoms with van der Waals surface area (Å²) in [7, 11) is 0. The molecule has 37 heavy (non-hydrogen) atoms. The van der Waals surface area contributed by atoms with Crippen molar-refractivity contribution < 1.29 is 28.6 Å². The van der Waals surface area contributed by atoms with Gasteiger partial charge in [0.15, 0.2) is 13.2 Å². The summed E-state index contributed by atoms with van der Waals surface area (Å²) in [5, 5.41) is 4.76. The Morgan fingerprint density at radius 2 is 1.38 bits per heavy atom. The third-order valence-corrected chi connectivity index (χ3v) is 6.19. The molecule has 1 amide bonds. The van der Waals surface area contributed by atoms with Crippen LogP contribution in [0, 0.1) is 0 Å². The minimum Gasteiger partial charge on any atom is -0.481 e. The first kappa shape index (κ1) is 25.7. The molecule has 1 N–H and O–H groups in total. The highest BCUT2D eigenvalue weighted by Gasteiger charge is 2.23. The normalized spacial score (nSPS) is 10.4. The first-order valence-corrected chi connectivity index (χ1v) is 12.5. The Kier molecular flexibility index (Phi) is 8.67. The number of rotatable bonds is 10. The van der Waals surface area contributed by atoms with Crippen molar-refractivity contribution in [2.75, 3.05) is 25.1 Å². The number of benzene rings is 3. The summed E-state index contributed by atoms with van der Waals surface area (Å²) in [6.07, 6.45) is 0. The van der Waals surface area contributed by atoms with Crippen LogP contribution in [0.5, 0.6) is 5.75 Å². The number of thiophene rings is 1. The number of amides is 1. The number of para-hydroxylation sites is 1. The van der Waals surface area contributed by atoms with Crippen molar-refractivity contribution in [1.29, 1.82) is 0 Å². The SMILES string of the molecule is CCOC(=O)c1c(-c2ccccc2)csc1NC(=O)COC(=O)COc1ccccc1-c1ccccc1. The van der Waals surface area contributed by atoms with Crippen molar-refractivity contribution in [3.8, 4) is 28.0 Å². The maximum absolute atomic E-state index is 12.6. The van der Waals surface area contributed by atoms with E-state index in [0.717, 1.165) is 16.7 Å². The van der Waals surface area contributed by atoms with Gasteiger partial charge in [-0.1, -0.05) is 78.9 Å². The Bertz CT molecular complexity index is 1370. The molecular formula is C29H25NO6S. The van der Waals surface area contributed by atoms with E-state index in [1.807, 2.05) is 78.9 Å². The topological polar surface area (TPSA) is 90.9 Å². The summed E-state index contributed by atoms with van der Waals surface area (Å²) < 4.78 is 16.0. The van der Waals surface area contributed by atoms with E-state index < -0.39 is 24.5 Å². The summed E-state index contributed by atoms with van der Waals surface area (Å²) in [6, 6.07) is 26.4. The third kappa shape index (κ3) is 6.62. The van der Waals surface area contributed by atoms with Gasteiger partial charge in [-0.15, -0.1) is 11.3 Å². The van der Waals surface area contributed by atoms with E-state index in [0.29, 0.717) is 16.3 Å². The molecule has 0 aliphatic rings. The second kappa shape index (κ2) is 12.5. The Morgan fingerprint density at radius 1 is 0.757 bits per heavy atom. The lowest BCUT2D eigenvalue weighted by atomic mass is 10.0.